The SMILES string of the molecule is CC(C)c1cc2c(=O)n(C(C)C)c(=O)[nH]c2cn1. The highest BCUT2D eigenvalue weighted by atomic mass is 16.2. The Bertz CT molecular complexity index is 695. The summed E-state index contributed by atoms with van der Waals surface area (Å²) in [5.41, 5.74) is 0.697. The van der Waals surface area contributed by atoms with Crippen LogP contribution in [-0.2, 0) is 0 Å². The van der Waals surface area contributed by atoms with Gasteiger partial charge in [-0.2, -0.15) is 0 Å². The molecule has 0 aliphatic rings. The Hall–Kier alpha value is -1.91. The second-order valence-corrected chi connectivity index (χ2v) is 5.01. The van der Waals surface area contributed by atoms with Gasteiger partial charge in [-0.25, -0.2) is 4.79 Å². The van der Waals surface area contributed by atoms with E-state index >= 15 is 0 Å². The molecule has 2 heterocycles. The van der Waals surface area contributed by atoms with E-state index in [1.165, 1.54) is 4.57 Å². The molecule has 2 aromatic rings. The van der Waals surface area contributed by atoms with Crippen molar-refractivity contribution < 1.29 is 0 Å². The quantitative estimate of drug-likeness (QED) is 0.879. The predicted molar refractivity (Wildman–Crippen MR) is 71.1 cm³/mol. The van der Waals surface area contributed by atoms with Crippen LogP contribution >= 0.6 is 0 Å². The van der Waals surface area contributed by atoms with E-state index in [1.54, 1.807) is 12.3 Å². The lowest BCUT2D eigenvalue weighted by Gasteiger charge is -2.10. The molecule has 1 N–H and O–H groups in total. The van der Waals surface area contributed by atoms with Gasteiger partial charge in [0.05, 0.1) is 17.1 Å². The fourth-order valence-electron chi connectivity index (χ4n) is 1.93. The highest BCUT2D eigenvalue weighted by molar-refractivity contribution is 5.76. The van der Waals surface area contributed by atoms with Crippen molar-refractivity contribution in [1.29, 1.82) is 0 Å². The van der Waals surface area contributed by atoms with Gasteiger partial charge in [0, 0.05) is 11.7 Å². The van der Waals surface area contributed by atoms with Gasteiger partial charge in [0.1, 0.15) is 0 Å². The molecule has 0 unspecified atom stereocenters. The van der Waals surface area contributed by atoms with Crippen molar-refractivity contribution in [2.75, 3.05) is 0 Å². The van der Waals surface area contributed by atoms with Gasteiger partial charge >= 0.3 is 5.69 Å². The van der Waals surface area contributed by atoms with E-state index in [0.717, 1.165) is 5.69 Å². The molecule has 5 heteroatoms. The average Bonchev–Trinajstić information content (AvgIpc) is 2.27. The minimum Gasteiger partial charge on any atom is -0.305 e. The fraction of sp³-hybridized carbons (Fsp3) is 0.462. The third-order valence-electron chi connectivity index (χ3n) is 2.94. The van der Waals surface area contributed by atoms with Crippen LogP contribution in [0.1, 0.15) is 45.3 Å². The minimum atomic E-state index is -0.387. The summed E-state index contributed by atoms with van der Waals surface area (Å²) in [6.07, 6.45) is 1.55. The summed E-state index contributed by atoms with van der Waals surface area (Å²) in [6.45, 7) is 7.65. The smallest absolute Gasteiger partial charge is 0.305 e. The molecule has 2 aromatic heterocycles. The Kier molecular flexibility index (Phi) is 3.07. The second-order valence-electron chi connectivity index (χ2n) is 5.01. The highest BCUT2D eigenvalue weighted by Crippen LogP contribution is 2.14. The highest BCUT2D eigenvalue weighted by Gasteiger charge is 2.12. The van der Waals surface area contributed by atoms with Gasteiger partial charge in [0.25, 0.3) is 5.56 Å². The van der Waals surface area contributed by atoms with Crippen LogP contribution in [-0.4, -0.2) is 14.5 Å². The molecule has 0 saturated carbocycles. The van der Waals surface area contributed by atoms with Crippen LogP contribution in [0, 0.1) is 0 Å². The van der Waals surface area contributed by atoms with E-state index in [4.69, 9.17) is 0 Å². The van der Waals surface area contributed by atoms with Crippen LogP contribution in [0.3, 0.4) is 0 Å². The lowest BCUT2D eigenvalue weighted by Crippen LogP contribution is -2.36. The summed E-state index contributed by atoms with van der Waals surface area (Å²) in [7, 11) is 0. The Morgan fingerprint density at radius 3 is 2.44 bits per heavy atom. The molecule has 0 saturated heterocycles. The van der Waals surface area contributed by atoms with Gasteiger partial charge < -0.3 is 4.98 Å². The molecule has 0 aliphatic carbocycles. The van der Waals surface area contributed by atoms with Gasteiger partial charge in [-0.15, -0.1) is 0 Å². The summed E-state index contributed by atoms with van der Waals surface area (Å²) >= 11 is 0. The predicted octanol–water partition coefficient (Wildman–Crippen LogP) is 1.79. The van der Waals surface area contributed by atoms with Crippen LogP contribution in [0.15, 0.2) is 21.9 Å². The number of hydrogen-bond acceptors (Lipinski definition) is 3. The number of nitrogens with one attached hydrogen (secondary N) is 1. The van der Waals surface area contributed by atoms with Crippen LogP contribution in [0.25, 0.3) is 10.9 Å². The number of H-pyrrole nitrogens is 1. The van der Waals surface area contributed by atoms with Crippen molar-refractivity contribution in [2.24, 2.45) is 0 Å². The standard InChI is InChI=1S/C13H17N3O2/c1-7(2)10-5-9-11(6-14-10)15-13(18)16(8(3)4)12(9)17/h5-8H,1-4H3,(H,15,18). The van der Waals surface area contributed by atoms with Crippen LogP contribution < -0.4 is 11.2 Å². The van der Waals surface area contributed by atoms with Crippen LogP contribution in [0.4, 0.5) is 0 Å². The van der Waals surface area contributed by atoms with E-state index in [1.807, 2.05) is 27.7 Å². The largest absolute Gasteiger partial charge is 0.329 e. The average molecular weight is 247 g/mol. The topological polar surface area (TPSA) is 67.8 Å². The molecule has 18 heavy (non-hydrogen) atoms. The first kappa shape index (κ1) is 12.5. The molecule has 0 aliphatic heterocycles. The number of nitrogens with zero attached hydrogens (tertiary/aromatic N) is 2. The molecule has 0 amide bonds. The molecular formula is C13H17N3O2. The van der Waals surface area contributed by atoms with Crippen molar-refractivity contribution >= 4 is 10.9 Å². The number of hydrogen-bond donors (Lipinski definition) is 1. The lowest BCUT2D eigenvalue weighted by molar-refractivity contribution is 0.552. The number of fused-ring (bicyclic) bond motifs is 1. The summed E-state index contributed by atoms with van der Waals surface area (Å²) < 4.78 is 1.23. The zero-order valence-corrected chi connectivity index (χ0v) is 11.0. The first-order valence-electron chi connectivity index (χ1n) is 6.06. The van der Waals surface area contributed by atoms with Gasteiger partial charge in [0.15, 0.2) is 0 Å². The zero-order valence-electron chi connectivity index (χ0n) is 11.0. The van der Waals surface area contributed by atoms with Crippen molar-refractivity contribution in [3.8, 4) is 0 Å². The molecule has 5 nitrogen and oxygen atoms in total. The van der Waals surface area contributed by atoms with Gasteiger partial charge in [0.2, 0.25) is 0 Å². The summed E-state index contributed by atoms with van der Waals surface area (Å²) in [6, 6.07) is 1.60. The second kappa shape index (κ2) is 4.40. The number of aromatic amines is 1. The van der Waals surface area contributed by atoms with Crippen molar-refractivity contribution in [3.63, 3.8) is 0 Å². The molecule has 2 rings (SSSR count). The molecule has 0 aromatic carbocycles. The van der Waals surface area contributed by atoms with Gasteiger partial charge in [-0.05, 0) is 25.8 Å². The van der Waals surface area contributed by atoms with E-state index in [9.17, 15) is 9.59 Å². The molecule has 0 fully saturated rings. The van der Waals surface area contributed by atoms with Gasteiger partial charge in [-0.1, -0.05) is 13.8 Å². The van der Waals surface area contributed by atoms with Crippen molar-refractivity contribution in [3.05, 3.63) is 38.8 Å². The number of aromatic nitrogens is 3. The monoisotopic (exact) mass is 247 g/mol. The number of rotatable bonds is 2. The first-order valence-corrected chi connectivity index (χ1v) is 6.06. The zero-order chi connectivity index (χ0) is 13.4. The normalized spacial score (nSPS) is 11.7. The van der Waals surface area contributed by atoms with Crippen molar-refractivity contribution in [2.45, 2.75) is 39.7 Å². The van der Waals surface area contributed by atoms with E-state index in [2.05, 4.69) is 9.97 Å². The Morgan fingerprint density at radius 2 is 1.89 bits per heavy atom. The summed E-state index contributed by atoms with van der Waals surface area (Å²) in [5.74, 6) is 0.244. The fourth-order valence-corrected chi connectivity index (χ4v) is 1.93. The Labute approximate surface area is 104 Å². The Balaban J connectivity index is 2.86. The number of pyridine rings is 1. The lowest BCUT2D eigenvalue weighted by atomic mass is 10.1. The van der Waals surface area contributed by atoms with E-state index < -0.39 is 0 Å². The molecule has 0 atom stereocenters. The maximum absolute atomic E-state index is 12.3. The van der Waals surface area contributed by atoms with Crippen LogP contribution in [0.2, 0.25) is 0 Å². The van der Waals surface area contributed by atoms with Crippen molar-refractivity contribution in [1.82, 2.24) is 14.5 Å². The van der Waals surface area contributed by atoms with E-state index in [0.29, 0.717) is 10.9 Å². The minimum absolute atomic E-state index is 0.165. The summed E-state index contributed by atoms with van der Waals surface area (Å²) in [5, 5.41) is 0.516. The molecule has 96 valence electrons. The Morgan fingerprint density at radius 1 is 1.22 bits per heavy atom. The summed E-state index contributed by atoms with van der Waals surface area (Å²) in [4.78, 5) is 31.0. The first-order chi connectivity index (χ1) is 8.41. The third-order valence-corrected chi connectivity index (χ3v) is 2.94. The molecular weight excluding hydrogens is 230 g/mol. The molecule has 0 radical (unpaired) electrons. The van der Waals surface area contributed by atoms with Gasteiger partial charge in [-0.3, -0.25) is 14.3 Å². The third kappa shape index (κ3) is 1.96. The maximum Gasteiger partial charge on any atom is 0.329 e. The maximum atomic E-state index is 12.3. The molecule has 0 spiro atoms. The van der Waals surface area contributed by atoms with Crippen LogP contribution in [0.5, 0.6) is 0 Å². The molecule has 0 bridgehead atoms. The van der Waals surface area contributed by atoms with E-state index in [-0.39, 0.29) is 23.2 Å².